The molecule has 1 aromatic heterocycles. The van der Waals surface area contributed by atoms with Gasteiger partial charge in [0.25, 0.3) is 5.91 Å². The molecule has 5 aromatic rings. The molecule has 0 aliphatic heterocycles. The second-order valence-electron chi connectivity index (χ2n) is 8.49. The lowest BCUT2D eigenvalue weighted by Gasteiger charge is -2.11. The molecule has 4 aromatic carbocycles. The van der Waals surface area contributed by atoms with E-state index in [4.69, 9.17) is 26.1 Å². The van der Waals surface area contributed by atoms with Crippen LogP contribution in [0.2, 0.25) is 5.02 Å². The summed E-state index contributed by atoms with van der Waals surface area (Å²) in [5.74, 6) is 1.60. The second-order valence-corrected chi connectivity index (χ2v) is 8.93. The number of nitrogens with zero attached hydrogens (tertiary/aromatic N) is 3. The average Bonchev–Trinajstić information content (AvgIpc) is 3.31. The SMILES string of the molecule is COc1cc(/C=N\NC(=O)Cn2c(-c3ccc(Cl)cc3)nc3ccccc32)ccc1OCc1ccccc1. The molecule has 0 unspecified atom stereocenters. The molecule has 8 heteroatoms. The number of ether oxygens (including phenoxy) is 2. The number of carbonyl (C=O) groups is 1. The Balaban J connectivity index is 1.27. The van der Waals surface area contributed by atoms with Crippen molar-refractivity contribution in [2.45, 2.75) is 13.2 Å². The van der Waals surface area contributed by atoms with Crippen molar-refractivity contribution < 1.29 is 14.3 Å². The number of hydrogen-bond acceptors (Lipinski definition) is 5. The van der Waals surface area contributed by atoms with Crippen molar-refractivity contribution in [2.24, 2.45) is 5.10 Å². The zero-order chi connectivity index (χ0) is 26.3. The van der Waals surface area contributed by atoms with Crippen LogP contribution in [0.25, 0.3) is 22.4 Å². The second kappa shape index (κ2) is 11.6. The monoisotopic (exact) mass is 524 g/mol. The van der Waals surface area contributed by atoms with Crippen LogP contribution in [-0.2, 0) is 17.9 Å². The van der Waals surface area contributed by atoms with Crippen LogP contribution in [0.5, 0.6) is 11.5 Å². The van der Waals surface area contributed by atoms with Crippen molar-refractivity contribution in [3.8, 4) is 22.9 Å². The van der Waals surface area contributed by atoms with E-state index in [0.29, 0.717) is 29.0 Å². The normalized spacial score (nSPS) is 11.1. The Kier molecular flexibility index (Phi) is 7.66. The van der Waals surface area contributed by atoms with Crippen LogP contribution in [0.1, 0.15) is 11.1 Å². The third-order valence-corrected chi connectivity index (χ3v) is 6.14. The van der Waals surface area contributed by atoms with Gasteiger partial charge in [0.05, 0.1) is 24.4 Å². The molecule has 0 fully saturated rings. The van der Waals surface area contributed by atoms with Gasteiger partial charge in [-0.25, -0.2) is 10.4 Å². The van der Waals surface area contributed by atoms with Gasteiger partial charge in [0, 0.05) is 10.6 Å². The predicted molar refractivity (Wildman–Crippen MR) is 150 cm³/mol. The van der Waals surface area contributed by atoms with Gasteiger partial charge in [0.15, 0.2) is 11.5 Å². The molecule has 1 amide bonds. The first-order chi connectivity index (χ1) is 18.6. The van der Waals surface area contributed by atoms with Crippen molar-refractivity contribution in [3.05, 3.63) is 113 Å². The zero-order valence-electron chi connectivity index (χ0n) is 20.7. The van der Waals surface area contributed by atoms with E-state index < -0.39 is 0 Å². The van der Waals surface area contributed by atoms with Gasteiger partial charge in [-0.3, -0.25) is 4.79 Å². The van der Waals surface area contributed by atoms with Crippen molar-refractivity contribution >= 4 is 34.8 Å². The first-order valence-corrected chi connectivity index (χ1v) is 12.4. The lowest BCUT2D eigenvalue weighted by atomic mass is 10.2. The molecule has 38 heavy (non-hydrogen) atoms. The molecule has 1 N–H and O–H groups in total. The molecule has 0 saturated heterocycles. The van der Waals surface area contributed by atoms with Crippen LogP contribution in [0, 0.1) is 0 Å². The summed E-state index contributed by atoms with van der Waals surface area (Å²) in [4.78, 5) is 17.6. The molecule has 0 atom stereocenters. The Morgan fingerprint density at radius 1 is 0.974 bits per heavy atom. The van der Waals surface area contributed by atoms with Crippen LogP contribution in [0.15, 0.2) is 102 Å². The summed E-state index contributed by atoms with van der Waals surface area (Å²) in [5.41, 5.74) is 6.95. The predicted octanol–water partition coefficient (Wildman–Crippen LogP) is 6.09. The van der Waals surface area contributed by atoms with Gasteiger partial charge in [-0.05, 0) is 65.7 Å². The maximum Gasteiger partial charge on any atom is 0.260 e. The molecule has 1 heterocycles. The fourth-order valence-electron chi connectivity index (χ4n) is 4.03. The molecular formula is C30H25ClN4O3. The highest BCUT2D eigenvalue weighted by Gasteiger charge is 2.15. The van der Waals surface area contributed by atoms with Crippen LogP contribution >= 0.6 is 11.6 Å². The Bertz CT molecular complexity index is 1580. The zero-order valence-corrected chi connectivity index (χ0v) is 21.4. The van der Waals surface area contributed by atoms with Crippen LogP contribution in [0.3, 0.4) is 0 Å². The number of benzene rings is 4. The van der Waals surface area contributed by atoms with Crippen molar-refractivity contribution in [2.75, 3.05) is 7.11 Å². The maximum absolute atomic E-state index is 12.8. The Hall–Kier alpha value is -4.62. The first-order valence-electron chi connectivity index (χ1n) is 12.0. The molecule has 0 bridgehead atoms. The molecule has 0 spiro atoms. The largest absolute Gasteiger partial charge is 0.493 e. The van der Waals surface area contributed by atoms with E-state index in [0.717, 1.165) is 27.7 Å². The maximum atomic E-state index is 12.8. The number of fused-ring (bicyclic) bond motifs is 1. The van der Waals surface area contributed by atoms with E-state index in [1.807, 2.05) is 83.4 Å². The van der Waals surface area contributed by atoms with Gasteiger partial charge in [0.2, 0.25) is 0 Å². The summed E-state index contributed by atoms with van der Waals surface area (Å²) in [5, 5.41) is 4.78. The molecule has 7 nitrogen and oxygen atoms in total. The standard InChI is InChI=1S/C30H25ClN4O3/c1-37-28-17-22(11-16-27(28)38-20-21-7-3-2-4-8-21)18-32-34-29(36)19-35-26-10-6-5-9-25(26)33-30(35)23-12-14-24(31)15-13-23/h2-18H,19-20H2,1H3,(H,34,36)/b32-18-. The van der Waals surface area contributed by atoms with Crippen LogP contribution in [0.4, 0.5) is 0 Å². The Labute approximate surface area is 225 Å². The van der Waals surface area contributed by atoms with Crippen molar-refractivity contribution in [1.29, 1.82) is 0 Å². The number of methoxy groups -OCH3 is 1. The van der Waals surface area contributed by atoms with E-state index >= 15 is 0 Å². The van der Waals surface area contributed by atoms with Gasteiger partial charge < -0.3 is 14.0 Å². The van der Waals surface area contributed by atoms with Gasteiger partial charge in [0.1, 0.15) is 19.0 Å². The summed E-state index contributed by atoms with van der Waals surface area (Å²) in [6, 6.07) is 30.4. The van der Waals surface area contributed by atoms with E-state index in [1.54, 1.807) is 31.5 Å². The quantitative estimate of drug-likeness (QED) is 0.187. The third kappa shape index (κ3) is 5.85. The fourth-order valence-corrected chi connectivity index (χ4v) is 4.16. The number of imidazole rings is 1. The van der Waals surface area contributed by atoms with Crippen LogP contribution in [-0.4, -0.2) is 28.8 Å². The molecule has 190 valence electrons. The number of halogens is 1. The number of hydrazone groups is 1. The number of rotatable bonds is 9. The van der Waals surface area contributed by atoms with E-state index in [2.05, 4.69) is 10.5 Å². The van der Waals surface area contributed by atoms with Gasteiger partial charge in [-0.1, -0.05) is 54.1 Å². The summed E-state index contributed by atoms with van der Waals surface area (Å²) in [6.45, 7) is 0.479. The average molecular weight is 525 g/mol. The summed E-state index contributed by atoms with van der Waals surface area (Å²) in [6.07, 6.45) is 1.56. The Morgan fingerprint density at radius 3 is 2.53 bits per heavy atom. The smallest absolute Gasteiger partial charge is 0.260 e. The highest BCUT2D eigenvalue weighted by Crippen LogP contribution is 2.29. The summed E-state index contributed by atoms with van der Waals surface area (Å²) in [7, 11) is 1.58. The molecule has 0 aliphatic rings. The number of aromatic nitrogens is 2. The minimum atomic E-state index is -0.283. The first kappa shape index (κ1) is 25.0. The molecular weight excluding hydrogens is 500 g/mol. The molecule has 0 aliphatic carbocycles. The van der Waals surface area contributed by atoms with Crippen LogP contribution < -0.4 is 14.9 Å². The fraction of sp³-hybridized carbons (Fsp3) is 0.100. The Morgan fingerprint density at radius 2 is 1.74 bits per heavy atom. The lowest BCUT2D eigenvalue weighted by molar-refractivity contribution is -0.121. The number of carbonyl (C=O) groups excluding carboxylic acids is 1. The highest BCUT2D eigenvalue weighted by atomic mass is 35.5. The topological polar surface area (TPSA) is 77.7 Å². The van der Waals surface area contributed by atoms with Gasteiger partial charge in [-0.15, -0.1) is 0 Å². The lowest BCUT2D eigenvalue weighted by Crippen LogP contribution is -2.23. The molecule has 0 radical (unpaired) electrons. The number of para-hydroxylation sites is 2. The minimum absolute atomic E-state index is 0.0470. The van der Waals surface area contributed by atoms with E-state index in [-0.39, 0.29) is 12.5 Å². The van der Waals surface area contributed by atoms with Crippen molar-refractivity contribution in [3.63, 3.8) is 0 Å². The minimum Gasteiger partial charge on any atom is -0.493 e. The molecule has 0 saturated carbocycles. The molecule has 5 rings (SSSR count). The number of amides is 1. The summed E-state index contributed by atoms with van der Waals surface area (Å²) < 4.78 is 13.3. The van der Waals surface area contributed by atoms with Gasteiger partial charge >= 0.3 is 0 Å². The van der Waals surface area contributed by atoms with E-state index in [1.165, 1.54) is 0 Å². The number of nitrogens with one attached hydrogen (secondary N) is 1. The van der Waals surface area contributed by atoms with Gasteiger partial charge in [-0.2, -0.15) is 5.10 Å². The highest BCUT2D eigenvalue weighted by molar-refractivity contribution is 6.30. The van der Waals surface area contributed by atoms with E-state index in [9.17, 15) is 4.79 Å². The summed E-state index contributed by atoms with van der Waals surface area (Å²) >= 11 is 6.06. The third-order valence-electron chi connectivity index (χ3n) is 5.89. The van der Waals surface area contributed by atoms with Crippen molar-refractivity contribution in [1.82, 2.24) is 15.0 Å². The number of hydrogen-bond donors (Lipinski definition) is 1.